The molecule has 4 rings (SSSR count). The first-order valence-corrected chi connectivity index (χ1v) is 8.22. The number of rotatable bonds is 2. The van der Waals surface area contributed by atoms with Gasteiger partial charge in [0.15, 0.2) is 5.76 Å². The Kier molecular flexibility index (Phi) is 3.59. The Morgan fingerprint density at radius 1 is 1.29 bits per heavy atom. The fraction of sp³-hybridized carbons (Fsp3) is 0.389. The van der Waals surface area contributed by atoms with Crippen LogP contribution in [0.4, 0.5) is 0 Å². The van der Waals surface area contributed by atoms with Crippen LogP contribution in [0.1, 0.15) is 41.3 Å². The van der Waals surface area contributed by atoms with Gasteiger partial charge in [-0.2, -0.15) is 0 Å². The molecule has 1 spiro atoms. The SMILES string of the molecule is O=C1C[C@H](c2cccnc2)C2(CCN(C(=O)c3ccco3)CC2)N1. The van der Waals surface area contributed by atoms with Crippen LogP contribution in [0.5, 0.6) is 0 Å². The summed E-state index contributed by atoms with van der Waals surface area (Å²) in [6.45, 7) is 1.22. The molecule has 6 nitrogen and oxygen atoms in total. The number of nitrogens with zero attached hydrogens (tertiary/aromatic N) is 2. The van der Waals surface area contributed by atoms with E-state index in [1.54, 1.807) is 23.2 Å². The number of hydrogen-bond donors (Lipinski definition) is 1. The van der Waals surface area contributed by atoms with E-state index in [9.17, 15) is 9.59 Å². The second kappa shape index (κ2) is 5.78. The van der Waals surface area contributed by atoms with Crippen molar-refractivity contribution < 1.29 is 14.0 Å². The van der Waals surface area contributed by atoms with Gasteiger partial charge in [-0.05, 0) is 36.6 Å². The Bertz CT molecular complexity index is 734. The smallest absolute Gasteiger partial charge is 0.289 e. The molecule has 2 saturated heterocycles. The van der Waals surface area contributed by atoms with Gasteiger partial charge in [0.2, 0.25) is 5.91 Å². The van der Waals surface area contributed by atoms with E-state index < -0.39 is 0 Å². The van der Waals surface area contributed by atoms with Crippen molar-refractivity contribution in [3.63, 3.8) is 0 Å². The van der Waals surface area contributed by atoms with Gasteiger partial charge in [-0.1, -0.05) is 6.07 Å². The van der Waals surface area contributed by atoms with Crippen molar-refractivity contribution in [3.05, 3.63) is 54.2 Å². The van der Waals surface area contributed by atoms with E-state index in [4.69, 9.17) is 4.42 Å². The van der Waals surface area contributed by atoms with E-state index in [0.29, 0.717) is 25.3 Å². The van der Waals surface area contributed by atoms with Crippen LogP contribution in [0.3, 0.4) is 0 Å². The van der Waals surface area contributed by atoms with Gasteiger partial charge in [-0.15, -0.1) is 0 Å². The van der Waals surface area contributed by atoms with Crippen LogP contribution in [0.2, 0.25) is 0 Å². The molecule has 2 aromatic heterocycles. The van der Waals surface area contributed by atoms with Crippen molar-refractivity contribution >= 4 is 11.8 Å². The fourth-order valence-corrected chi connectivity index (χ4v) is 3.95. The van der Waals surface area contributed by atoms with Gasteiger partial charge in [0, 0.05) is 37.8 Å². The number of hydrogen-bond acceptors (Lipinski definition) is 4. The molecule has 4 heterocycles. The highest BCUT2D eigenvalue weighted by atomic mass is 16.3. The van der Waals surface area contributed by atoms with Crippen molar-refractivity contribution in [1.82, 2.24) is 15.2 Å². The molecule has 2 aliphatic heterocycles. The van der Waals surface area contributed by atoms with Gasteiger partial charge < -0.3 is 14.6 Å². The predicted octanol–water partition coefficient (Wildman–Crippen LogP) is 1.95. The molecule has 0 saturated carbocycles. The summed E-state index contributed by atoms with van der Waals surface area (Å²) in [6.07, 6.45) is 7.06. The van der Waals surface area contributed by atoms with Crippen LogP contribution in [0.25, 0.3) is 0 Å². The van der Waals surface area contributed by atoms with Crippen LogP contribution in [-0.4, -0.2) is 40.3 Å². The second-order valence-electron chi connectivity index (χ2n) is 6.52. The molecule has 1 N–H and O–H groups in total. The highest BCUT2D eigenvalue weighted by Crippen LogP contribution is 2.43. The first-order chi connectivity index (χ1) is 11.7. The van der Waals surface area contributed by atoms with Gasteiger partial charge in [-0.3, -0.25) is 14.6 Å². The maximum absolute atomic E-state index is 12.4. The Labute approximate surface area is 139 Å². The first-order valence-electron chi connectivity index (χ1n) is 8.22. The lowest BCUT2D eigenvalue weighted by atomic mass is 9.74. The minimum Gasteiger partial charge on any atom is -0.459 e. The number of likely N-dealkylation sites (tertiary alicyclic amines) is 1. The normalized spacial score (nSPS) is 22.6. The molecule has 1 atom stereocenters. The minimum atomic E-state index is -0.278. The summed E-state index contributed by atoms with van der Waals surface area (Å²) in [5.41, 5.74) is 0.807. The fourth-order valence-electron chi connectivity index (χ4n) is 3.95. The summed E-state index contributed by atoms with van der Waals surface area (Å²) in [4.78, 5) is 30.5. The van der Waals surface area contributed by atoms with Crippen molar-refractivity contribution in [2.45, 2.75) is 30.7 Å². The Morgan fingerprint density at radius 3 is 2.79 bits per heavy atom. The van der Waals surface area contributed by atoms with Crippen molar-refractivity contribution in [3.8, 4) is 0 Å². The third-order valence-corrected chi connectivity index (χ3v) is 5.21. The quantitative estimate of drug-likeness (QED) is 0.916. The lowest BCUT2D eigenvalue weighted by Gasteiger charge is -2.42. The molecular formula is C18H19N3O3. The van der Waals surface area contributed by atoms with Crippen LogP contribution >= 0.6 is 0 Å². The molecule has 0 aromatic carbocycles. The third-order valence-electron chi connectivity index (χ3n) is 5.21. The van der Waals surface area contributed by atoms with Crippen molar-refractivity contribution in [2.75, 3.05) is 13.1 Å². The van der Waals surface area contributed by atoms with E-state index >= 15 is 0 Å². The number of aromatic nitrogens is 1. The number of carbonyl (C=O) groups is 2. The summed E-state index contributed by atoms with van der Waals surface area (Å²) in [6, 6.07) is 7.33. The third kappa shape index (κ3) is 2.48. The van der Waals surface area contributed by atoms with Crippen molar-refractivity contribution in [1.29, 1.82) is 0 Å². The molecule has 0 aliphatic carbocycles. The molecule has 0 unspecified atom stereocenters. The Hall–Kier alpha value is -2.63. The molecule has 124 valence electrons. The van der Waals surface area contributed by atoms with Crippen LogP contribution in [-0.2, 0) is 4.79 Å². The largest absolute Gasteiger partial charge is 0.459 e. The van der Waals surface area contributed by atoms with Gasteiger partial charge >= 0.3 is 0 Å². The summed E-state index contributed by atoms with van der Waals surface area (Å²) in [5, 5.41) is 3.18. The maximum Gasteiger partial charge on any atom is 0.289 e. The first kappa shape index (κ1) is 14.9. The number of pyridine rings is 1. The number of nitrogens with one attached hydrogen (secondary N) is 1. The Morgan fingerprint density at radius 2 is 2.12 bits per heavy atom. The van der Waals surface area contributed by atoms with E-state index in [1.165, 1.54) is 6.26 Å². The molecule has 0 radical (unpaired) electrons. The maximum atomic E-state index is 12.4. The Balaban J connectivity index is 1.52. The molecule has 2 aromatic rings. The van der Waals surface area contributed by atoms with E-state index in [1.807, 2.05) is 18.3 Å². The zero-order chi connectivity index (χ0) is 16.6. The van der Waals surface area contributed by atoms with E-state index in [0.717, 1.165) is 18.4 Å². The summed E-state index contributed by atoms with van der Waals surface area (Å²) in [5.74, 6) is 0.469. The molecule has 6 heteroatoms. The summed E-state index contributed by atoms with van der Waals surface area (Å²) < 4.78 is 5.20. The number of amides is 2. The summed E-state index contributed by atoms with van der Waals surface area (Å²) >= 11 is 0. The predicted molar refractivity (Wildman–Crippen MR) is 86.3 cm³/mol. The van der Waals surface area contributed by atoms with Crippen LogP contribution in [0.15, 0.2) is 47.3 Å². The lowest BCUT2D eigenvalue weighted by Crippen LogP contribution is -2.54. The van der Waals surface area contributed by atoms with Crippen LogP contribution in [0, 0.1) is 0 Å². The lowest BCUT2D eigenvalue weighted by molar-refractivity contribution is -0.120. The van der Waals surface area contributed by atoms with E-state index in [2.05, 4.69) is 10.3 Å². The monoisotopic (exact) mass is 325 g/mol. The van der Waals surface area contributed by atoms with Gasteiger partial charge in [0.25, 0.3) is 5.91 Å². The topological polar surface area (TPSA) is 75.4 Å². The standard InChI is InChI=1S/C18H19N3O3/c22-16-11-14(13-3-1-7-19-12-13)18(20-16)5-8-21(9-6-18)17(23)15-4-2-10-24-15/h1-4,7,10,12,14H,5-6,8-9,11H2,(H,20,22)/t14-/m1/s1. The van der Waals surface area contributed by atoms with Crippen molar-refractivity contribution in [2.24, 2.45) is 0 Å². The van der Waals surface area contributed by atoms with Gasteiger partial charge in [0.05, 0.1) is 11.8 Å². The zero-order valence-electron chi connectivity index (χ0n) is 13.3. The second-order valence-corrected chi connectivity index (χ2v) is 6.52. The number of carbonyl (C=O) groups excluding carboxylic acids is 2. The van der Waals surface area contributed by atoms with Gasteiger partial charge in [0.1, 0.15) is 0 Å². The zero-order valence-corrected chi connectivity index (χ0v) is 13.3. The van der Waals surface area contributed by atoms with Crippen LogP contribution < -0.4 is 5.32 Å². The summed E-state index contributed by atoms with van der Waals surface area (Å²) in [7, 11) is 0. The molecule has 0 bridgehead atoms. The number of piperidine rings is 1. The molecular weight excluding hydrogens is 306 g/mol. The van der Waals surface area contributed by atoms with E-state index in [-0.39, 0.29) is 23.3 Å². The molecule has 2 amide bonds. The average molecular weight is 325 g/mol. The highest BCUT2D eigenvalue weighted by Gasteiger charge is 2.49. The van der Waals surface area contributed by atoms with Gasteiger partial charge in [-0.25, -0.2) is 0 Å². The average Bonchev–Trinajstić information content (AvgIpc) is 3.24. The minimum absolute atomic E-state index is 0.0784. The number of furan rings is 1. The molecule has 2 fully saturated rings. The molecule has 24 heavy (non-hydrogen) atoms. The molecule has 2 aliphatic rings. The highest BCUT2D eigenvalue weighted by molar-refractivity contribution is 5.91.